The van der Waals surface area contributed by atoms with E-state index in [-0.39, 0.29) is 24.6 Å². The van der Waals surface area contributed by atoms with Crippen molar-refractivity contribution >= 4 is 17.5 Å². The number of amides is 2. The number of aliphatic hydroxyl groups is 1. The van der Waals surface area contributed by atoms with E-state index in [4.69, 9.17) is 5.11 Å². The Hall–Kier alpha value is -2.09. The van der Waals surface area contributed by atoms with Crippen LogP contribution in [0.4, 0.5) is 18.9 Å². The van der Waals surface area contributed by atoms with Crippen LogP contribution in [0.3, 0.4) is 0 Å². The molecule has 8 heteroatoms. The third kappa shape index (κ3) is 4.95. The Kier molecular flexibility index (Phi) is 7.21. The third-order valence-electron chi connectivity index (χ3n) is 4.23. The van der Waals surface area contributed by atoms with Gasteiger partial charge >= 0.3 is 11.8 Å². The maximum absolute atomic E-state index is 13.5. The maximum Gasteiger partial charge on any atom is 0.313 e. The lowest BCUT2D eigenvalue weighted by Crippen LogP contribution is -2.42. The zero-order chi connectivity index (χ0) is 18.3. The number of anilines is 1. The summed E-state index contributed by atoms with van der Waals surface area (Å²) >= 11 is 0. The lowest BCUT2D eigenvalue weighted by atomic mass is 9.79. The fourth-order valence-electron chi connectivity index (χ4n) is 2.32. The van der Waals surface area contributed by atoms with E-state index in [2.05, 4.69) is 5.32 Å². The van der Waals surface area contributed by atoms with Crippen molar-refractivity contribution in [3.8, 4) is 0 Å². The van der Waals surface area contributed by atoms with Gasteiger partial charge in [-0.25, -0.2) is 13.2 Å². The van der Waals surface area contributed by atoms with E-state index in [0.717, 1.165) is 0 Å². The summed E-state index contributed by atoms with van der Waals surface area (Å²) < 4.78 is 39.4. The third-order valence-corrected chi connectivity index (χ3v) is 4.23. The van der Waals surface area contributed by atoms with Gasteiger partial charge in [-0.1, -0.05) is 13.8 Å². The molecule has 0 saturated heterocycles. The predicted molar refractivity (Wildman–Crippen MR) is 82.7 cm³/mol. The maximum atomic E-state index is 13.5. The summed E-state index contributed by atoms with van der Waals surface area (Å²) in [6.07, 6.45) is 1.83. The normalized spacial score (nSPS) is 11.2. The van der Waals surface area contributed by atoms with Crippen molar-refractivity contribution in [3.63, 3.8) is 0 Å². The van der Waals surface area contributed by atoms with Crippen LogP contribution in [0.5, 0.6) is 0 Å². The zero-order valence-electron chi connectivity index (χ0n) is 13.6. The zero-order valence-corrected chi connectivity index (χ0v) is 13.6. The molecule has 1 rings (SSSR count). The Morgan fingerprint density at radius 3 is 2.17 bits per heavy atom. The van der Waals surface area contributed by atoms with Crippen LogP contribution in [0, 0.1) is 22.9 Å². The van der Waals surface area contributed by atoms with E-state index >= 15 is 0 Å². The summed E-state index contributed by atoms with van der Waals surface area (Å²) in [7, 11) is 0. The second kappa shape index (κ2) is 8.68. The second-order valence-electron chi connectivity index (χ2n) is 5.56. The molecule has 0 aliphatic carbocycles. The Morgan fingerprint density at radius 2 is 1.62 bits per heavy atom. The number of rotatable bonds is 7. The molecule has 134 valence electrons. The quantitative estimate of drug-likeness (QED) is 0.524. The number of hydrogen-bond donors (Lipinski definition) is 3. The Morgan fingerprint density at radius 1 is 1.04 bits per heavy atom. The minimum atomic E-state index is -1.39. The molecule has 1 aromatic carbocycles. The first kappa shape index (κ1) is 20.0. The molecule has 2 amide bonds. The van der Waals surface area contributed by atoms with Gasteiger partial charge in [0.2, 0.25) is 0 Å². The molecular weight excluding hydrogens is 325 g/mol. The predicted octanol–water partition coefficient (Wildman–Crippen LogP) is 2.35. The largest absolute Gasteiger partial charge is 0.396 e. The van der Waals surface area contributed by atoms with Gasteiger partial charge in [-0.3, -0.25) is 9.59 Å². The van der Waals surface area contributed by atoms with Gasteiger partial charge in [-0.05, 0) is 24.7 Å². The van der Waals surface area contributed by atoms with Crippen molar-refractivity contribution in [1.29, 1.82) is 0 Å². The molecule has 5 nitrogen and oxygen atoms in total. The molecule has 0 heterocycles. The van der Waals surface area contributed by atoms with Crippen LogP contribution in [-0.2, 0) is 9.59 Å². The smallest absolute Gasteiger partial charge is 0.313 e. The molecule has 0 fully saturated rings. The Labute approximate surface area is 138 Å². The molecule has 0 saturated carbocycles. The molecule has 0 atom stereocenters. The van der Waals surface area contributed by atoms with Crippen molar-refractivity contribution in [1.82, 2.24) is 5.32 Å². The van der Waals surface area contributed by atoms with Gasteiger partial charge in [-0.15, -0.1) is 0 Å². The average molecular weight is 346 g/mol. The van der Waals surface area contributed by atoms with E-state index in [1.807, 2.05) is 19.2 Å². The summed E-state index contributed by atoms with van der Waals surface area (Å²) in [6.45, 7) is 3.92. The molecule has 3 N–H and O–H groups in total. The number of halogens is 3. The first-order valence-corrected chi connectivity index (χ1v) is 7.63. The highest BCUT2D eigenvalue weighted by Gasteiger charge is 2.27. The van der Waals surface area contributed by atoms with Gasteiger partial charge in [0.15, 0.2) is 11.6 Å². The number of hydrogen-bond acceptors (Lipinski definition) is 3. The summed E-state index contributed by atoms with van der Waals surface area (Å²) in [4.78, 5) is 23.6. The molecule has 0 spiro atoms. The van der Waals surface area contributed by atoms with Gasteiger partial charge in [0.25, 0.3) is 0 Å². The van der Waals surface area contributed by atoms with Crippen molar-refractivity contribution in [2.75, 3.05) is 18.5 Å². The molecule has 0 aliphatic rings. The molecule has 0 aromatic heterocycles. The number of carbonyl (C=O) groups is 2. The molecule has 0 radical (unpaired) electrons. The summed E-state index contributed by atoms with van der Waals surface area (Å²) in [5.41, 5.74) is -0.973. The molecule has 0 unspecified atom stereocenters. The first-order chi connectivity index (χ1) is 11.3. The van der Waals surface area contributed by atoms with E-state index in [1.54, 1.807) is 0 Å². The molecular formula is C16H21F3N2O3. The van der Waals surface area contributed by atoms with Crippen molar-refractivity contribution in [3.05, 3.63) is 29.6 Å². The average Bonchev–Trinajstić information content (AvgIpc) is 2.56. The van der Waals surface area contributed by atoms with Gasteiger partial charge < -0.3 is 15.7 Å². The highest BCUT2D eigenvalue weighted by atomic mass is 19.2. The van der Waals surface area contributed by atoms with E-state index < -0.39 is 35.0 Å². The minimum Gasteiger partial charge on any atom is -0.396 e. The summed E-state index contributed by atoms with van der Waals surface area (Å²) in [6, 6.07) is 0.743. The fourth-order valence-corrected chi connectivity index (χ4v) is 2.32. The number of nitrogens with one attached hydrogen (secondary N) is 2. The minimum absolute atomic E-state index is 0.0518. The monoisotopic (exact) mass is 346 g/mol. The van der Waals surface area contributed by atoms with Crippen molar-refractivity contribution in [2.45, 2.75) is 33.1 Å². The fraction of sp³-hybridized carbons (Fsp3) is 0.500. The van der Waals surface area contributed by atoms with Gasteiger partial charge in [0.05, 0.1) is 5.69 Å². The number of carbonyl (C=O) groups excluding carboxylic acids is 2. The Balaban J connectivity index is 2.72. The molecule has 0 aliphatic heterocycles. The SMILES string of the molecule is CCC(CC)(CCO)CNC(=O)C(=O)Nc1cc(F)c(F)cc1F. The van der Waals surface area contributed by atoms with Gasteiger partial charge in [0, 0.05) is 25.3 Å². The van der Waals surface area contributed by atoms with E-state index in [9.17, 15) is 22.8 Å². The van der Waals surface area contributed by atoms with Crippen LogP contribution < -0.4 is 10.6 Å². The first-order valence-electron chi connectivity index (χ1n) is 7.63. The summed E-state index contributed by atoms with van der Waals surface area (Å²) in [5.74, 6) is -6.14. The highest BCUT2D eigenvalue weighted by Crippen LogP contribution is 2.29. The van der Waals surface area contributed by atoms with Crippen LogP contribution >= 0.6 is 0 Å². The second-order valence-corrected chi connectivity index (χ2v) is 5.56. The van der Waals surface area contributed by atoms with E-state index in [0.29, 0.717) is 25.3 Å². The number of benzene rings is 1. The van der Waals surface area contributed by atoms with Gasteiger partial charge in [0.1, 0.15) is 5.82 Å². The van der Waals surface area contributed by atoms with E-state index in [1.165, 1.54) is 0 Å². The number of aliphatic hydroxyl groups excluding tert-OH is 1. The summed E-state index contributed by atoms with van der Waals surface area (Å²) in [5, 5.41) is 13.4. The van der Waals surface area contributed by atoms with Crippen LogP contribution in [0.25, 0.3) is 0 Å². The van der Waals surface area contributed by atoms with Crippen LogP contribution in [0.15, 0.2) is 12.1 Å². The van der Waals surface area contributed by atoms with Crippen LogP contribution in [0.2, 0.25) is 0 Å². The lowest BCUT2D eigenvalue weighted by Gasteiger charge is -2.31. The molecule has 1 aromatic rings. The lowest BCUT2D eigenvalue weighted by molar-refractivity contribution is -0.136. The van der Waals surface area contributed by atoms with Crippen molar-refractivity contribution in [2.24, 2.45) is 5.41 Å². The Bertz CT molecular complexity index is 604. The van der Waals surface area contributed by atoms with Crippen LogP contribution in [0.1, 0.15) is 33.1 Å². The molecule has 0 bridgehead atoms. The molecule has 24 heavy (non-hydrogen) atoms. The van der Waals surface area contributed by atoms with Gasteiger partial charge in [-0.2, -0.15) is 0 Å². The van der Waals surface area contributed by atoms with Crippen LogP contribution in [-0.4, -0.2) is 30.1 Å². The standard InChI is InChI=1S/C16H21F3N2O3/c1-3-16(4-2,5-6-22)9-20-14(23)15(24)21-13-8-11(18)10(17)7-12(13)19/h7-8,22H,3-6,9H2,1-2H3,(H,20,23)(H,21,24). The highest BCUT2D eigenvalue weighted by molar-refractivity contribution is 6.39. The topological polar surface area (TPSA) is 78.4 Å². The van der Waals surface area contributed by atoms with Crippen molar-refractivity contribution < 1.29 is 27.9 Å².